The number of benzene rings is 1. The summed E-state index contributed by atoms with van der Waals surface area (Å²) in [6.45, 7) is 2.34. The highest BCUT2D eigenvalue weighted by atomic mass is 16.2. The zero-order valence-corrected chi connectivity index (χ0v) is 10.4. The number of hydrogen-bond acceptors (Lipinski definition) is 2. The molecule has 0 bridgehead atoms. The summed E-state index contributed by atoms with van der Waals surface area (Å²) in [4.78, 5) is 25.1. The fourth-order valence-electron chi connectivity index (χ4n) is 1.86. The van der Waals surface area contributed by atoms with Gasteiger partial charge in [-0.25, -0.2) is 0 Å². The Morgan fingerprint density at radius 2 is 1.89 bits per heavy atom. The van der Waals surface area contributed by atoms with Gasteiger partial charge in [0.25, 0.3) is 5.91 Å². The van der Waals surface area contributed by atoms with Crippen LogP contribution in [0.3, 0.4) is 0 Å². The van der Waals surface area contributed by atoms with Crippen LogP contribution in [0.15, 0.2) is 30.3 Å². The maximum Gasteiger partial charge on any atom is 0.251 e. The van der Waals surface area contributed by atoms with Gasteiger partial charge in [-0.1, -0.05) is 18.2 Å². The number of nitrogens with one attached hydrogen (secondary N) is 1. The van der Waals surface area contributed by atoms with Crippen LogP contribution in [0.4, 0.5) is 0 Å². The average Bonchev–Trinajstić information content (AvgIpc) is 2.33. The summed E-state index contributed by atoms with van der Waals surface area (Å²) in [6.07, 6.45) is 2.35. The molecule has 0 spiro atoms. The number of nitrogens with zero attached hydrogens (tertiary/aromatic N) is 1. The van der Waals surface area contributed by atoms with Gasteiger partial charge in [0.15, 0.2) is 0 Å². The first kappa shape index (κ1) is 12.6. The topological polar surface area (TPSA) is 49.4 Å². The van der Waals surface area contributed by atoms with Gasteiger partial charge in [-0.15, -0.1) is 0 Å². The summed E-state index contributed by atoms with van der Waals surface area (Å²) in [7, 11) is 0. The first-order valence-electron chi connectivity index (χ1n) is 6.38. The summed E-state index contributed by atoms with van der Waals surface area (Å²) in [5.74, 6) is 0.127. The molecule has 0 atom stereocenters. The van der Waals surface area contributed by atoms with Crippen molar-refractivity contribution in [3.05, 3.63) is 35.9 Å². The first-order valence-corrected chi connectivity index (χ1v) is 6.38. The van der Waals surface area contributed by atoms with Gasteiger partial charge in [0.1, 0.15) is 0 Å². The highest BCUT2D eigenvalue weighted by molar-refractivity contribution is 5.94. The molecular weight excluding hydrogens is 228 g/mol. The smallest absolute Gasteiger partial charge is 0.251 e. The van der Waals surface area contributed by atoms with Gasteiger partial charge in [0.05, 0.1) is 0 Å². The number of carbonyl (C=O) groups is 2. The Balaban J connectivity index is 1.63. The monoisotopic (exact) mass is 246 g/mol. The zero-order valence-electron chi connectivity index (χ0n) is 10.4. The van der Waals surface area contributed by atoms with Crippen molar-refractivity contribution in [1.29, 1.82) is 0 Å². The Labute approximate surface area is 107 Å². The van der Waals surface area contributed by atoms with E-state index >= 15 is 0 Å². The van der Waals surface area contributed by atoms with Crippen LogP contribution in [-0.4, -0.2) is 36.3 Å². The van der Waals surface area contributed by atoms with Crippen molar-refractivity contribution in [3.63, 3.8) is 0 Å². The SMILES string of the molecule is O=C(NCCCC(=O)N1CCC1)c1ccccc1. The second-order valence-corrected chi connectivity index (χ2v) is 4.46. The molecule has 0 aliphatic carbocycles. The van der Waals surface area contributed by atoms with Crippen LogP contribution in [-0.2, 0) is 4.79 Å². The van der Waals surface area contributed by atoms with Crippen molar-refractivity contribution in [2.75, 3.05) is 19.6 Å². The molecule has 18 heavy (non-hydrogen) atoms. The molecule has 1 aromatic carbocycles. The lowest BCUT2D eigenvalue weighted by Crippen LogP contribution is -2.42. The zero-order chi connectivity index (χ0) is 12.8. The van der Waals surface area contributed by atoms with Crippen molar-refractivity contribution in [3.8, 4) is 0 Å². The Hall–Kier alpha value is -1.84. The van der Waals surface area contributed by atoms with Crippen molar-refractivity contribution in [2.24, 2.45) is 0 Å². The standard InChI is InChI=1S/C14H18N2O2/c17-13(16-10-5-11-16)8-4-9-15-14(18)12-6-2-1-3-7-12/h1-3,6-7H,4-5,8-11H2,(H,15,18). The highest BCUT2D eigenvalue weighted by Crippen LogP contribution is 2.08. The lowest BCUT2D eigenvalue weighted by atomic mass is 10.2. The van der Waals surface area contributed by atoms with Gasteiger partial charge in [0.2, 0.25) is 5.91 Å². The predicted octanol–water partition coefficient (Wildman–Crippen LogP) is 1.43. The van der Waals surface area contributed by atoms with Crippen LogP contribution in [0.1, 0.15) is 29.6 Å². The first-order chi connectivity index (χ1) is 8.77. The van der Waals surface area contributed by atoms with Crippen LogP contribution in [0, 0.1) is 0 Å². The summed E-state index contributed by atoms with van der Waals surface area (Å²) in [6, 6.07) is 9.11. The third-order valence-corrected chi connectivity index (χ3v) is 3.10. The van der Waals surface area contributed by atoms with E-state index in [0.29, 0.717) is 24.9 Å². The van der Waals surface area contributed by atoms with Crippen LogP contribution < -0.4 is 5.32 Å². The van der Waals surface area contributed by atoms with E-state index in [4.69, 9.17) is 0 Å². The van der Waals surface area contributed by atoms with Crippen LogP contribution >= 0.6 is 0 Å². The van der Waals surface area contributed by atoms with Crippen LogP contribution in [0.5, 0.6) is 0 Å². The molecule has 4 heteroatoms. The molecule has 2 amide bonds. The summed E-state index contributed by atoms with van der Waals surface area (Å²) < 4.78 is 0. The Morgan fingerprint density at radius 3 is 2.50 bits per heavy atom. The lowest BCUT2D eigenvalue weighted by Gasteiger charge is -2.30. The fourth-order valence-corrected chi connectivity index (χ4v) is 1.86. The maximum absolute atomic E-state index is 11.7. The molecule has 1 N–H and O–H groups in total. The number of rotatable bonds is 5. The van der Waals surface area contributed by atoms with E-state index in [-0.39, 0.29) is 11.8 Å². The van der Waals surface area contributed by atoms with E-state index in [0.717, 1.165) is 19.5 Å². The minimum Gasteiger partial charge on any atom is -0.352 e. The Morgan fingerprint density at radius 1 is 1.17 bits per heavy atom. The second-order valence-electron chi connectivity index (χ2n) is 4.46. The maximum atomic E-state index is 11.7. The molecule has 1 heterocycles. The van der Waals surface area contributed by atoms with Gasteiger partial charge in [-0.05, 0) is 25.0 Å². The van der Waals surface area contributed by atoms with E-state index in [9.17, 15) is 9.59 Å². The molecule has 1 fully saturated rings. The lowest BCUT2D eigenvalue weighted by molar-refractivity contribution is -0.134. The quantitative estimate of drug-likeness (QED) is 0.799. The number of carbonyl (C=O) groups excluding carboxylic acids is 2. The molecule has 2 rings (SSSR count). The molecule has 1 saturated heterocycles. The van der Waals surface area contributed by atoms with Crippen molar-refractivity contribution in [1.82, 2.24) is 10.2 Å². The largest absolute Gasteiger partial charge is 0.352 e. The highest BCUT2D eigenvalue weighted by Gasteiger charge is 2.19. The summed E-state index contributed by atoms with van der Waals surface area (Å²) >= 11 is 0. The molecule has 0 saturated carbocycles. The van der Waals surface area contributed by atoms with Gasteiger partial charge in [-0.3, -0.25) is 9.59 Å². The van der Waals surface area contributed by atoms with Crippen molar-refractivity contribution in [2.45, 2.75) is 19.3 Å². The molecule has 4 nitrogen and oxygen atoms in total. The number of amides is 2. The van der Waals surface area contributed by atoms with E-state index < -0.39 is 0 Å². The van der Waals surface area contributed by atoms with Gasteiger partial charge < -0.3 is 10.2 Å². The molecule has 1 aliphatic heterocycles. The fraction of sp³-hybridized carbons (Fsp3) is 0.429. The van der Waals surface area contributed by atoms with Crippen molar-refractivity contribution >= 4 is 11.8 Å². The molecular formula is C14H18N2O2. The van der Waals surface area contributed by atoms with E-state index in [1.54, 1.807) is 12.1 Å². The van der Waals surface area contributed by atoms with E-state index in [2.05, 4.69) is 5.32 Å². The molecule has 0 radical (unpaired) electrons. The average molecular weight is 246 g/mol. The van der Waals surface area contributed by atoms with Gasteiger partial charge in [0, 0.05) is 31.6 Å². The predicted molar refractivity (Wildman–Crippen MR) is 69.2 cm³/mol. The summed E-state index contributed by atoms with van der Waals surface area (Å²) in [5, 5.41) is 2.82. The second kappa shape index (κ2) is 6.19. The molecule has 0 aromatic heterocycles. The summed E-state index contributed by atoms with van der Waals surface area (Å²) in [5.41, 5.74) is 0.659. The van der Waals surface area contributed by atoms with Crippen LogP contribution in [0.2, 0.25) is 0 Å². The minimum absolute atomic E-state index is 0.0769. The number of hydrogen-bond donors (Lipinski definition) is 1. The number of likely N-dealkylation sites (tertiary alicyclic amines) is 1. The van der Waals surface area contributed by atoms with Crippen LogP contribution in [0.25, 0.3) is 0 Å². The van der Waals surface area contributed by atoms with Gasteiger partial charge >= 0.3 is 0 Å². The normalized spacial score (nSPS) is 13.9. The van der Waals surface area contributed by atoms with E-state index in [1.807, 2.05) is 23.1 Å². The molecule has 1 aliphatic rings. The molecule has 96 valence electrons. The third-order valence-electron chi connectivity index (χ3n) is 3.10. The van der Waals surface area contributed by atoms with E-state index in [1.165, 1.54) is 0 Å². The molecule has 1 aromatic rings. The minimum atomic E-state index is -0.0769. The van der Waals surface area contributed by atoms with Gasteiger partial charge in [-0.2, -0.15) is 0 Å². The molecule has 0 unspecified atom stereocenters. The van der Waals surface area contributed by atoms with Crippen molar-refractivity contribution < 1.29 is 9.59 Å². The Kier molecular flexibility index (Phi) is 4.34. The third kappa shape index (κ3) is 3.32. The Bertz CT molecular complexity index is 413.